The maximum absolute atomic E-state index is 11.3. The van der Waals surface area contributed by atoms with E-state index >= 15 is 0 Å². The molecule has 0 bridgehead atoms. The zero-order chi connectivity index (χ0) is 16.7. The van der Waals surface area contributed by atoms with Crippen LogP contribution in [0.5, 0.6) is 0 Å². The summed E-state index contributed by atoms with van der Waals surface area (Å²) in [5.74, 6) is -0.842. The van der Waals surface area contributed by atoms with Crippen LogP contribution in [0.3, 0.4) is 0 Å². The van der Waals surface area contributed by atoms with Crippen molar-refractivity contribution in [1.82, 2.24) is 9.97 Å². The van der Waals surface area contributed by atoms with Crippen molar-refractivity contribution in [1.29, 1.82) is 0 Å². The molecule has 0 unspecified atom stereocenters. The molecule has 2 heterocycles. The molecule has 0 saturated heterocycles. The van der Waals surface area contributed by atoms with Gasteiger partial charge in [0.05, 0.1) is 6.42 Å². The van der Waals surface area contributed by atoms with Crippen LogP contribution in [0.2, 0.25) is 0 Å². The number of fused-ring (bicyclic) bond motifs is 1. The molecule has 0 saturated carbocycles. The van der Waals surface area contributed by atoms with Crippen LogP contribution in [-0.2, 0) is 11.2 Å². The van der Waals surface area contributed by atoms with Gasteiger partial charge in [0.1, 0.15) is 5.65 Å². The molecule has 0 aliphatic heterocycles. The number of hydrogen-bond donors (Lipinski definition) is 2. The fourth-order valence-corrected chi connectivity index (χ4v) is 3.32. The van der Waals surface area contributed by atoms with E-state index in [0.29, 0.717) is 0 Å². The first-order valence-electron chi connectivity index (χ1n) is 7.34. The minimum atomic E-state index is -0.842. The summed E-state index contributed by atoms with van der Waals surface area (Å²) in [5.41, 5.74) is 6.55. The molecule has 23 heavy (non-hydrogen) atoms. The highest BCUT2D eigenvalue weighted by Gasteiger charge is 2.20. The van der Waals surface area contributed by atoms with E-state index in [-0.39, 0.29) is 6.42 Å². The summed E-state index contributed by atoms with van der Waals surface area (Å²) in [5, 5.41) is 10.3. The van der Waals surface area contributed by atoms with Gasteiger partial charge in [-0.2, -0.15) is 0 Å². The molecule has 0 fully saturated rings. The largest absolute Gasteiger partial charge is 0.481 e. The summed E-state index contributed by atoms with van der Waals surface area (Å²) < 4.78 is 1.15. The summed E-state index contributed by atoms with van der Waals surface area (Å²) in [7, 11) is 0. The molecule has 2 N–H and O–H groups in total. The Morgan fingerprint density at radius 1 is 1.22 bits per heavy atom. The van der Waals surface area contributed by atoms with E-state index in [1.165, 1.54) is 0 Å². The molecular formula is C18H17IN2O2. The summed E-state index contributed by atoms with van der Waals surface area (Å²) in [4.78, 5) is 19.3. The Labute approximate surface area is 148 Å². The van der Waals surface area contributed by atoms with Gasteiger partial charge in [0.15, 0.2) is 0 Å². The molecule has 118 valence electrons. The number of nitrogens with zero attached hydrogens (tertiary/aromatic N) is 1. The van der Waals surface area contributed by atoms with Crippen LogP contribution in [0.1, 0.15) is 22.5 Å². The van der Waals surface area contributed by atoms with Crippen LogP contribution in [0.4, 0.5) is 0 Å². The van der Waals surface area contributed by atoms with Crippen LogP contribution < -0.4 is 0 Å². The maximum Gasteiger partial charge on any atom is 0.307 e. The van der Waals surface area contributed by atoms with Crippen LogP contribution in [0.15, 0.2) is 24.3 Å². The van der Waals surface area contributed by atoms with Crippen molar-refractivity contribution in [2.24, 2.45) is 0 Å². The molecule has 0 spiro atoms. The number of carboxylic acids is 1. The van der Waals surface area contributed by atoms with Gasteiger partial charge in [-0.05, 0) is 77.7 Å². The molecule has 0 aliphatic carbocycles. The second kappa shape index (κ2) is 5.96. The number of rotatable bonds is 3. The minimum Gasteiger partial charge on any atom is -0.481 e. The van der Waals surface area contributed by atoms with Crippen LogP contribution in [0, 0.1) is 24.3 Å². The number of pyridine rings is 1. The van der Waals surface area contributed by atoms with Crippen molar-refractivity contribution < 1.29 is 9.90 Å². The van der Waals surface area contributed by atoms with Crippen LogP contribution >= 0.6 is 22.6 Å². The molecule has 0 atom stereocenters. The monoisotopic (exact) mass is 420 g/mol. The molecule has 1 aromatic carbocycles. The minimum absolute atomic E-state index is 0.0280. The van der Waals surface area contributed by atoms with Gasteiger partial charge in [-0.3, -0.25) is 4.79 Å². The fourth-order valence-electron chi connectivity index (χ4n) is 2.96. The first-order valence-corrected chi connectivity index (χ1v) is 8.42. The Bertz CT molecular complexity index is 911. The van der Waals surface area contributed by atoms with Gasteiger partial charge in [-0.1, -0.05) is 12.1 Å². The van der Waals surface area contributed by atoms with E-state index in [4.69, 9.17) is 0 Å². The van der Waals surface area contributed by atoms with Crippen molar-refractivity contribution >= 4 is 39.6 Å². The molecule has 0 radical (unpaired) electrons. The molecule has 5 heteroatoms. The molecule has 2 aromatic heterocycles. The van der Waals surface area contributed by atoms with E-state index in [9.17, 15) is 9.90 Å². The number of aromatic nitrogens is 2. The standard InChI is InChI=1S/C18H17IN2O2/c1-9-10(2)20-18-16(9)17(12-4-6-13(19)7-5-12)14(8-15(22)23)11(3)21-18/h4-7H,8H2,1-3H3,(H,20,21)(H,22,23). The summed E-state index contributed by atoms with van der Waals surface area (Å²) in [6, 6.07) is 8.17. The van der Waals surface area contributed by atoms with E-state index in [2.05, 4.69) is 32.6 Å². The normalized spacial score (nSPS) is 11.1. The van der Waals surface area contributed by atoms with Gasteiger partial charge < -0.3 is 10.1 Å². The van der Waals surface area contributed by atoms with Gasteiger partial charge in [0.2, 0.25) is 0 Å². The number of H-pyrrole nitrogens is 1. The topological polar surface area (TPSA) is 66.0 Å². The highest BCUT2D eigenvalue weighted by molar-refractivity contribution is 14.1. The molecule has 0 amide bonds. The van der Waals surface area contributed by atoms with E-state index in [1.54, 1.807) is 0 Å². The maximum atomic E-state index is 11.3. The molecule has 4 nitrogen and oxygen atoms in total. The van der Waals surface area contributed by atoms with Gasteiger partial charge >= 0.3 is 5.97 Å². The number of nitrogens with one attached hydrogen (secondary N) is 1. The zero-order valence-electron chi connectivity index (χ0n) is 13.2. The van der Waals surface area contributed by atoms with Crippen LogP contribution in [0.25, 0.3) is 22.2 Å². The second-order valence-electron chi connectivity index (χ2n) is 5.73. The second-order valence-corrected chi connectivity index (χ2v) is 6.97. The third-order valence-electron chi connectivity index (χ3n) is 4.21. The Morgan fingerprint density at radius 2 is 1.87 bits per heavy atom. The summed E-state index contributed by atoms with van der Waals surface area (Å²) in [6.45, 7) is 5.94. The quantitative estimate of drug-likeness (QED) is 0.618. The summed E-state index contributed by atoms with van der Waals surface area (Å²) >= 11 is 2.27. The Kier molecular flexibility index (Phi) is 4.14. The number of carboxylic acid groups (broad SMARTS) is 1. The average molecular weight is 420 g/mol. The van der Waals surface area contributed by atoms with Crippen molar-refractivity contribution in [2.75, 3.05) is 0 Å². The molecule has 3 rings (SSSR count). The number of aliphatic carboxylic acids is 1. The van der Waals surface area contributed by atoms with E-state index < -0.39 is 5.97 Å². The lowest BCUT2D eigenvalue weighted by molar-refractivity contribution is -0.136. The lowest BCUT2D eigenvalue weighted by Gasteiger charge is -2.13. The number of hydrogen-bond acceptors (Lipinski definition) is 2. The van der Waals surface area contributed by atoms with E-state index in [1.807, 2.05) is 45.0 Å². The van der Waals surface area contributed by atoms with Gasteiger partial charge in [-0.25, -0.2) is 4.98 Å². The smallest absolute Gasteiger partial charge is 0.307 e. The average Bonchev–Trinajstić information content (AvgIpc) is 2.76. The van der Waals surface area contributed by atoms with E-state index in [0.717, 1.165) is 48.2 Å². The number of aromatic amines is 1. The highest BCUT2D eigenvalue weighted by atomic mass is 127. The number of carbonyl (C=O) groups is 1. The van der Waals surface area contributed by atoms with Gasteiger partial charge in [-0.15, -0.1) is 0 Å². The zero-order valence-corrected chi connectivity index (χ0v) is 15.4. The van der Waals surface area contributed by atoms with Crippen molar-refractivity contribution in [3.05, 3.63) is 50.4 Å². The lowest BCUT2D eigenvalue weighted by Crippen LogP contribution is -2.06. The molecular weight excluding hydrogens is 403 g/mol. The van der Waals surface area contributed by atoms with Gasteiger partial charge in [0, 0.05) is 20.3 Å². The number of halogens is 1. The third-order valence-corrected chi connectivity index (χ3v) is 4.93. The molecule has 3 aromatic rings. The first-order chi connectivity index (χ1) is 10.9. The first kappa shape index (κ1) is 16.0. The number of benzene rings is 1. The Morgan fingerprint density at radius 3 is 2.48 bits per heavy atom. The van der Waals surface area contributed by atoms with Gasteiger partial charge in [0.25, 0.3) is 0 Å². The fraction of sp³-hybridized carbons (Fsp3) is 0.222. The Balaban J connectivity index is 2.42. The predicted octanol–water partition coefficient (Wildman–Crippen LogP) is 4.39. The summed E-state index contributed by atoms with van der Waals surface area (Å²) in [6.07, 6.45) is -0.0280. The third kappa shape index (κ3) is 2.85. The SMILES string of the molecule is Cc1nc2[nH]c(C)c(C)c2c(-c2ccc(I)cc2)c1CC(=O)O. The van der Waals surface area contributed by atoms with Crippen molar-refractivity contribution in [3.63, 3.8) is 0 Å². The van der Waals surface area contributed by atoms with Crippen LogP contribution in [-0.4, -0.2) is 21.0 Å². The lowest BCUT2D eigenvalue weighted by atomic mass is 9.92. The predicted molar refractivity (Wildman–Crippen MR) is 99.8 cm³/mol. The van der Waals surface area contributed by atoms with Crippen molar-refractivity contribution in [3.8, 4) is 11.1 Å². The van der Waals surface area contributed by atoms with Crippen molar-refractivity contribution in [2.45, 2.75) is 27.2 Å². The highest BCUT2D eigenvalue weighted by Crippen LogP contribution is 2.36. The molecule has 0 aliphatic rings. The Hall–Kier alpha value is -1.89. The number of aryl methyl sites for hydroxylation is 3.